The van der Waals surface area contributed by atoms with Gasteiger partial charge in [0, 0.05) is 29.7 Å². The topological polar surface area (TPSA) is 67.0 Å². The summed E-state index contributed by atoms with van der Waals surface area (Å²) in [6.45, 7) is 0.807. The Morgan fingerprint density at radius 2 is 2.31 bits per heavy atom. The third kappa shape index (κ3) is 4.56. The molecule has 5 nitrogen and oxygen atoms in total. The Kier molecular flexibility index (Phi) is 6.07. The summed E-state index contributed by atoms with van der Waals surface area (Å²) in [4.78, 5) is 20.2. The fraction of sp³-hybridized carbons (Fsp3) is 0.579. The van der Waals surface area contributed by atoms with Crippen LogP contribution >= 0.6 is 21.6 Å². The highest BCUT2D eigenvalue weighted by Gasteiger charge is 2.21. The van der Waals surface area contributed by atoms with Crippen molar-refractivity contribution in [3.8, 4) is 0 Å². The summed E-state index contributed by atoms with van der Waals surface area (Å²) in [5.41, 5.74) is 2.69. The first-order chi connectivity index (χ1) is 12.8. The van der Waals surface area contributed by atoms with E-state index in [1.165, 1.54) is 18.6 Å². The van der Waals surface area contributed by atoms with E-state index in [0.29, 0.717) is 6.42 Å². The molecule has 2 fully saturated rings. The number of aromatic nitrogens is 2. The number of H-pyrrole nitrogens is 1. The molecule has 26 heavy (non-hydrogen) atoms. The van der Waals surface area contributed by atoms with Crippen LogP contribution in [0.15, 0.2) is 18.2 Å². The van der Waals surface area contributed by atoms with E-state index in [2.05, 4.69) is 15.3 Å². The first kappa shape index (κ1) is 18.2. The van der Waals surface area contributed by atoms with Gasteiger partial charge in [0.05, 0.1) is 11.0 Å². The van der Waals surface area contributed by atoms with Crippen molar-refractivity contribution in [1.82, 2.24) is 9.97 Å². The van der Waals surface area contributed by atoms with Gasteiger partial charge in [0.2, 0.25) is 5.91 Å². The van der Waals surface area contributed by atoms with Gasteiger partial charge in [0.1, 0.15) is 11.9 Å². The first-order valence-corrected chi connectivity index (χ1v) is 11.9. The molecule has 2 aliphatic rings. The van der Waals surface area contributed by atoms with E-state index < -0.39 is 0 Å². The van der Waals surface area contributed by atoms with E-state index in [1.807, 2.05) is 39.8 Å². The predicted octanol–water partition coefficient (Wildman–Crippen LogP) is 5.07. The van der Waals surface area contributed by atoms with Crippen LogP contribution in [0.1, 0.15) is 56.9 Å². The van der Waals surface area contributed by atoms with Crippen LogP contribution in [0.25, 0.3) is 11.0 Å². The number of aromatic amines is 1. The van der Waals surface area contributed by atoms with Crippen molar-refractivity contribution in [2.75, 3.05) is 17.7 Å². The molecule has 2 aliphatic heterocycles. The molecule has 1 amide bonds. The normalized spacial score (nSPS) is 22.9. The van der Waals surface area contributed by atoms with Crippen LogP contribution in [0.3, 0.4) is 0 Å². The number of fused-ring (bicyclic) bond motifs is 1. The summed E-state index contributed by atoms with van der Waals surface area (Å²) in [5, 5.41) is 3.81. The fourth-order valence-electron chi connectivity index (χ4n) is 3.50. The fourth-order valence-corrected chi connectivity index (χ4v) is 6.53. The minimum atomic E-state index is 0.0804. The molecule has 0 saturated carbocycles. The SMILES string of the molecule is O=C(CCCC[C@H]1CCSS1)Nc1ccc2nc([C@H]3CCCO3)[nH]c2c1. The zero-order chi connectivity index (χ0) is 17.8. The molecule has 0 radical (unpaired) electrons. The standard InChI is InChI=1S/C19H25N3O2S2/c23-18(6-2-1-4-14-9-11-25-26-14)20-13-7-8-15-16(12-13)22-19(21-15)17-5-3-10-24-17/h7-8,12,14,17H,1-6,9-11H2,(H,20,23)(H,21,22)/t14-,17+/m0/s1. The summed E-state index contributed by atoms with van der Waals surface area (Å²) in [6, 6.07) is 5.84. The van der Waals surface area contributed by atoms with Crippen molar-refractivity contribution in [1.29, 1.82) is 0 Å². The minimum Gasteiger partial charge on any atom is -0.370 e. The Hall–Kier alpha value is -1.18. The number of amides is 1. The zero-order valence-electron chi connectivity index (χ0n) is 14.8. The van der Waals surface area contributed by atoms with Crippen LogP contribution in [0.4, 0.5) is 5.69 Å². The van der Waals surface area contributed by atoms with E-state index in [9.17, 15) is 4.79 Å². The molecular formula is C19H25N3O2S2. The third-order valence-corrected chi connectivity index (χ3v) is 7.93. The molecule has 0 unspecified atom stereocenters. The van der Waals surface area contributed by atoms with Crippen LogP contribution in [0.5, 0.6) is 0 Å². The lowest BCUT2D eigenvalue weighted by molar-refractivity contribution is -0.116. The summed E-state index contributed by atoms with van der Waals surface area (Å²) < 4.78 is 5.69. The number of ether oxygens (including phenoxy) is 1. The molecule has 3 heterocycles. The van der Waals surface area contributed by atoms with Crippen LogP contribution in [0.2, 0.25) is 0 Å². The molecule has 140 valence electrons. The quantitative estimate of drug-likeness (QED) is 0.510. The predicted molar refractivity (Wildman–Crippen MR) is 110 cm³/mol. The van der Waals surface area contributed by atoms with E-state index >= 15 is 0 Å². The number of hydrogen-bond donors (Lipinski definition) is 2. The number of carbonyl (C=O) groups excluding carboxylic acids is 1. The maximum absolute atomic E-state index is 12.2. The summed E-state index contributed by atoms with van der Waals surface area (Å²) in [7, 11) is 3.99. The summed E-state index contributed by atoms with van der Waals surface area (Å²) in [5.74, 6) is 2.26. The number of nitrogens with one attached hydrogen (secondary N) is 2. The van der Waals surface area contributed by atoms with Gasteiger partial charge in [0.15, 0.2) is 0 Å². The number of rotatable bonds is 7. The molecule has 4 rings (SSSR count). The summed E-state index contributed by atoms with van der Waals surface area (Å²) >= 11 is 0. The minimum absolute atomic E-state index is 0.0804. The number of imidazole rings is 1. The molecule has 2 atom stereocenters. The maximum atomic E-state index is 12.2. The first-order valence-electron chi connectivity index (χ1n) is 9.47. The highest BCUT2D eigenvalue weighted by atomic mass is 33.1. The maximum Gasteiger partial charge on any atom is 0.224 e. The van der Waals surface area contributed by atoms with Gasteiger partial charge >= 0.3 is 0 Å². The lowest BCUT2D eigenvalue weighted by Crippen LogP contribution is -2.11. The smallest absolute Gasteiger partial charge is 0.224 e. The number of nitrogens with zero attached hydrogens (tertiary/aromatic N) is 1. The second-order valence-corrected chi connectivity index (χ2v) is 9.77. The number of anilines is 1. The van der Waals surface area contributed by atoms with Gasteiger partial charge in [-0.05, 0) is 50.3 Å². The van der Waals surface area contributed by atoms with Crippen molar-refractivity contribution < 1.29 is 9.53 Å². The lowest BCUT2D eigenvalue weighted by atomic mass is 10.1. The van der Waals surface area contributed by atoms with E-state index in [0.717, 1.165) is 60.1 Å². The molecule has 0 bridgehead atoms. The van der Waals surface area contributed by atoms with Crippen molar-refractivity contribution in [2.45, 2.75) is 56.3 Å². The molecule has 0 aliphatic carbocycles. The van der Waals surface area contributed by atoms with Crippen molar-refractivity contribution in [3.63, 3.8) is 0 Å². The van der Waals surface area contributed by atoms with Gasteiger partial charge in [-0.3, -0.25) is 4.79 Å². The van der Waals surface area contributed by atoms with Crippen LogP contribution in [-0.4, -0.2) is 33.5 Å². The second kappa shape index (κ2) is 8.67. The Bertz CT molecular complexity index is 752. The largest absolute Gasteiger partial charge is 0.370 e. The molecule has 1 aromatic heterocycles. The van der Waals surface area contributed by atoms with Gasteiger partial charge in [-0.1, -0.05) is 28.0 Å². The molecule has 2 saturated heterocycles. The average molecular weight is 392 g/mol. The van der Waals surface area contributed by atoms with Crippen molar-refractivity contribution >= 4 is 44.2 Å². The Balaban J connectivity index is 1.28. The van der Waals surface area contributed by atoms with Crippen LogP contribution in [0, 0.1) is 0 Å². The zero-order valence-corrected chi connectivity index (χ0v) is 16.5. The number of carbonyl (C=O) groups is 1. The Labute approximate surface area is 161 Å². The number of benzene rings is 1. The molecular weight excluding hydrogens is 366 g/mol. The van der Waals surface area contributed by atoms with Gasteiger partial charge in [-0.15, -0.1) is 0 Å². The van der Waals surface area contributed by atoms with Gasteiger partial charge in [-0.25, -0.2) is 4.98 Å². The average Bonchev–Trinajstić information content (AvgIpc) is 3.39. The van der Waals surface area contributed by atoms with E-state index in [-0.39, 0.29) is 12.0 Å². The Morgan fingerprint density at radius 1 is 1.35 bits per heavy atom. The lowest BCUT2D eigenvalue weighted by Gasteiger charge is -2.07. The summed E-state index contributed by atoms with van der Waals surface area (Å²) in [6.07, 6.45) is 7.42. The second-order valence-electron chi connectivity index (χ2n) is 6.98. The molecule has 2 N–H and O–H groups in total. The van der Waals surface area contributed by atoms with E-state index in [1.54, 1.807) is 0 Å². The van der Waals surface area contributed by atoms with Crippen LogP contribution < -0.4 is 5.32 Å². The van der Waals surface area contributed by atoms with Gasteiger partial charge in [-0.2, -0.15) is 0 Å². The monoisotopic (exact) mass is 391 g/mol. The molecule has 7 heteroatoms. The van der Waals surface area contributed by atoms with Crippen LogP contribution in [-0.2, 0) is 9.53 Å². The molecule has 2 aromatic rings. The van der Waals surface area contributed by atoms with Crippen molar-refractivity contribution in [2.24, 2.45) is 0 Å². The third-order valence-electron chi connectivity index (χ3n) is 4.93. The number of hydrogen-bond acceptors (Lipinski definition) is 5. The highest BCUT2D eigenvalue weighted by molar-refractivity contribution is 8.77. The van der Waals surface area contributed by atoms with Gasteiger partial charge < -0.3 is 15.0 Å². The Morgan fingerprint density at radius 3 is 3.12 bits per heavy atom. The highest BCUT2D eigenvalue weighted by Crippen LogP contribution is 2.39. The number of unbranched alkanes of at least 4 members (excludes halogenated alkanes) is 1. The molecule has 0 spiro atoms. The molecule has 1 aromatic carbocycles. The van der Waals surface area contributed by atoms with E-state index in [4.69, 9.17) is 4.74 Å². The van der Waals surface area contributed by atoms with Crippen molar-refractivity contribution in [3.05, 3.63) is 24.0 Å². The van der Waals surface area contributed by atoms with Gasteiger partial charge in [0.25, 0.3) is 0 Å².